The first kappa shape index (κ1) is 12.5. The number of aryl methyl sites for hydroxylation is 2. The van der Waals surface area contributed by atoms with Gasteiger partial charge in [-0.1, -0.05) is 29.8 Å². The number of hydrogen-bond donors (Lipinski definition) is 1. The number of aromatic nitrogens is 1. The van der Waals surface area contributed by atoms with Crippen LogP contribution in [0, 0.1) is 0 Å². The third-order valence-electron chi connectivity index (χ3n) is 3.56. The first-order valence-electron chi connectivity index (χ1n) is 6.78. The lowest BCUT2D eigenvalue weighted by Crippen LogP contribution is -2.07. The zero-order valence-corrected chi connectivity index (χ0v) is 11.6. The summed E-state index contributed by atoms with van der Waals surface area (Å²) in [6.45, 7) is 0.896. The van der Waals surface area contributed by atoms with Crippen LogP contribution in [0.1, 0.15) is 23.2 Å². The van der Waals surface area contributed by atoms with Crippen molar-refractivity contribution in [2.24, 2.45) is 0 Å². The molecular weight excluding hydrogens is 256 g/mol. The van der Waals surface area contributed by atoms with E-state index in [2.05, 4.69) is 34.6 Å². The SMILES string of the molecule is Clc1ccc(CCNc2ccc3c(n2)CCC3)cc1. The molecule has 0 saturated carbocycles. The molecule has 2 aromatic rings. The fourth-order valence-electron chi connectivity index (χ4n) is 2.50. The molecule has 1 aliphatic rings. The van der Waals surface area contributed by atoms with E-state index in [0.29, 0.717) is 0 Å². The molecule has 1 aromatic carbocycles. The van der Waals surface area contributed by atoms with Crippen LogP contribution in [0.4, 0.5) is 5.82 Å². The van der Waals surface area contributed by atoms with Crippen molar-refractivity contribution >= 4 is 17.4 Å². The smallest absolute Gasteiger partial charge is 0.126 e. The fourth-order valence-corrected chi connectivity index (χ4v) is 2.63. The van der Waals surface area contributed by atoms with E-state index in [0.717, 1.165) is 30.2 Å². The lowest BCUT2D eigenvalue weighted by atomic mass is 10.1. The monoisotopic (exact) mass is 272 g/mol. The van der Waals surface area contributed by atoms with Crippen molar-refractivity contribution in [3.05, 3.63) is 58.2 Å². The first-order valence-corrected chi connectivity index (χ1v) is 7.16. The van der Waals surface area contributed by atoms with Crippen LogP contribution in [-0.2, 0) is 19.3 Å². The van der Waals surface area contributed by atoms with Gasteiger partial charge in [0.25, 0.3) is 0 Å². The predicted molar refractivity (Wildman–Crippen MR) is 79.9 cm³/mol. The van der Waals surface area contributed by atoms with Crippen molar-refractivity contribution in [2.75, 3.05) is 11.9 Å². The van der Waals surface area contributed by atoms with Crippen LogP contribution in [0.2, 0.25) is 5.02 Å². The zero-order chi connectivity index (χ0) is 13.1. The number of halogens is 1. The van der Waals surface area contributed by atoms with Crippen LogP contribution in [-0.4, -0.2) is 11.5 Å². The van der Waals surface area contributed by atoms with Gasteiger partial charge in [-0.2, -0.15) is 0 Å². The molecule has 98 valence electrons. The van der Waals surface area contributed by atoms with Gasteiger partial charge in [-0.25, -0.2) is 4.98 Å². The van der Waals surface area contributed by atoms with Crippen LogP contribution in [0.25, 0.3) is 0 Å². The molecule has 1 heterocycles. The maximum absolute atomic E-state index is 5.87. The molecule has 0 fully saturated rings. The molecular formula is C16H17ClN2. The highest BCUT2D eigenvalue weighted by Crippen LogP contribution is 2.21. The van der Waals surface area contributed by atoms with E-state index in [-0.39, 0.29) is 0 Å². The molecule has 19 heavy (non-hydrogen) atoms. The third kappa shape index (κ3) is 3.07. The summed E-state index contributed by atoms with van der Waals surface area (Å²) in [7, 11) is 0. The number of nitrogens with zero attached hydrogens (tertiary/aromatic N) is 1. The number of benzene rings is 1. The Morgan fingerprint density at radius 1 is 1.05 bits per heavy atom. The normalized spacial score (nSPS) is 13.3. The van der Waals surface area contributed by atoms with Gasteiger partial charge in [0.15, 0.2) is 0 Å². The summed E-state index contributed by atoms with van der Waals surface area (Å²) < 4.78 is 0. The van der Waals surface area contributed by atoms with Crippen molar-refractivity contribution in [3.63, 3.8) is 0 Å². The quantitative estimate of drug-likeness (QED) is 0.914. The molecule has 0 spiro atoms. The van der Waals surface area contributed by atoms with Crippen LogP contribution in [0.5, 0.6) is 0 Å². The molecule has 1 aromatic heterocycles. The number of pyridine rings is 1. The largest absolute Gasteiger partial charge is 0.370 e. The summed E-state index contributed by atoms with van der Waals surface area (Å²) in [5.74, 6) is 0.995. The third-order valence-corrected chi connectivity index (χ3v) is 3.81. The Morgan fingerprint density at radius 2 is 1.89 bits per heavy atom. The van der Waals surface area contributed by atoms with E-state index < -0.39 is 0 Å². The molecule has 2 nitrogen and oxygen atoms in total. The van der Waals surface area contributed by atoms with Crippen molar-refractivity contribution in [1.29, 1.82) is 0 Å². The maximum Gasteiger partial charge on any atom is 0.126 e. The summed E-state index contributed by atoms with van der Waals surface area (Å²) in [4.78, 5) is 4.67. The highest BCUT2D eigenvalue weighted by molar-refractivity contribution is 6.30. The Labute approximate surface area is 118 Å². The Hall–Kier alpha value is -1.54. The molecule has 0 atom stereocenters. The number of anilines is 1. The molecule has 3 rings (SSSR count). The van der Waals surface area contributed by atoms with Gasteiger partial charge >= 0.3 is 0 Å². The second kappa shape index (κ2) is 5.62. The number of rotatable bonds is 4. The van der Waals surface area contributed by atoms with Crippen molar-refractivity contribution < 1.29 is 0 Å². The Kier molecular flexibility index (Phi) is 3.69. The van der Waals surface area contributed by atoms with E-state index in [1.54, 1.807) is 0 Å². The summed E-state index contributed by atoms with van der Waals surface area (Å²) in [6.07, 6.45) is 4.54. The number of fused-ring (bicyclic) bond motifs is 1. The van der Waals surface area contributed by atoms with Gasteiger partial charge in [0.2, 0.25) is 0 Å². The minimum Gasteiger partial charge on any atom is -0.370 e. The standard InChI is InChI=1S/C16H17ClN2/c17-14-7-4-12(5-8-14)10-11-18-16-9-6-13-2-1-3-15(13)19-16/h4-9H,1-3,10-11H2,(H,18,19). The highest BCUT2D eigenvalue weighted by atomic mass is 35.5. The molecule has 0 aliphatic heterocycles. The number of hydrogen-bond acceptors (Lipinski definition) is 2. The first-order chi connectivity index (χ1) is 9.31. The number of nitrogens with one attached hydrogen (secondary N) is 1. The van der Waals surface area contributed by atoms with E-state index in [1.165, 1.54) is 29.7 Å². The van der Waals surface area contributed by atoms with Crippen LogP contribution < -0.4 is 5.32 Å². The average Bonchev–Trinajstić information content (AvgIpc) is 2.88. The highest BCUT2D eigenvalue weighted by Gasteiger charge is 2.11. The van der Waals surface area contributed by atoms with Gasteiger partial charge in [-0.3, -0.25) is 0 Å². The Morgan fingerprint density at radius 3 is 2.74 bits per heavy atom. The topological polar surface area (TPSA) is 24.9 Å². The van der Waals surface area contributed by atoms with Crippen molar-refractivity contribution in [1.82, 2.24) is 4.98 Å². The van der Waals surface area contributed by atoms with Crippen molar-refractivity contribution in [2.45, 2.75) is 25.7 Å². The average molecular weight is 273 g/mol. The molecule has 1 aliphatic carbocycles. The minimum absolute atomic E-state index is 0.789. The summed E-state index contributed by atoms with van der Waals surface area (Å²) in [5.41, 5.74) is 3.98. The van der Waals surface area contributed by atoms with E-state index >= 15 is 0 Å². The van der Waals surface area contributed by atoms with Crippen LogP contribution >= 0.6 is 11.6 Å². The fraction of sp³-hybridized carbons (Fsp3) is 0.312. The van der Waals surface area contributed by atoms with E-state index in [9.17, 15) is 0 Å². The lowest BCUT2D eigenvalue weighted by molar-refractivity contribution is 0.898. The van der Waals surface area contributed by atoms with Crippen molar-refractivity contribution in [3.8, 4) is 0 Å². The molecule has 1 N–H and O–H groups in total. The van der Waals surface area contributed by atoms with Gasteiger partial charge in [0.1, 0.15) is 5.82 Å². The molecule has 0 saturated heterocycles. The van der Waals surface area contributed by atoms with Gasteiger partial charge in [0.05, 0.1) is 0 Å². The predicted octanol–water partition coefficient (Wildman–Crippen LogP) is 3.88. The summed E-state index contributed by atoms with van der Waals surface area (Å²) in [6, 6.07) is 12.3. The van der Waals surface area contributed by atoms with E-state index in [4.69, 9.17) is 11.6 Å². The second-order valence-electron chi connectivity index (χ2n) is 4.96. The van der Waals surface area contributed by atoms with Gasteiger partial charge in [0, 0.05) is 17.3 Å². The summed E-state index contributed by atoms with van der Waals surface area (Å²) >= 11 is 5.87. The molecule has 0 amide bonds. The van der Waals surface area contributed by atoms with Gasteiger partial charge in [-0.15, -0.1) is 0 Å². The van der Waals surface area contributed by atoms with Gasteiger partial charge in [-0.05, 0) is 55.0 Å². The molecule has 0 bridgehead atoms. The van der Waals surface area contributed by atoms with Crippen LogP contribution in [0.3, 0.4) is 0 Å². The second-order valence-corrected chi connectivity index (χ2v) is 5.40. The zero-order valence-electron chi connectivity index (χ0n) is 10.8. The molecule has 0 unspecified atom stereocenters. The van der Waals surface area contributed by atoms with Crippen LogP contribution in [0.15, 0.2) is 36.4 Å². The molecule has 0 radical (unpaired) electrons. The Bertz CT molecular complexity index is 563. The minimum atomic E-state index is 0.789. The maximum atomic E-state index is 5.87. The van der Waals surface area contributed by atoms with E-state index in [1.807, 2.05) is 12.1 Å². The summed E-state index contributed by atoms with van der Waals surface area (Å²) in [5, 5.41) is 4.18. The molecule has 3 heteroatoms. The Balaban J connectivity index is 1.56. The lowest BCUT2D eigenvalue weighted by Gasteiger charge is -2.07. The van der Waals surface area contributed by atoms with Gasteiger partial charge < -0.3 is 5.32 Å².